The Bertz CT molecular complexity index is 543. The topological polar surface area (TPSA) is 97.5 Å². The molecule has 2 heterocycles. The van der Waals surface area contributed by atoms with Gasteiger partial charge in [0, 0.05) is 25.9 Å². The molecule has 3 N–H and O–H groups in total. The standard InChI is InChI=1S/C10H18N4O3S2/c1-14-3-4-17-7(6-14)5-12-10-8(19(2,15)16)9(11)13-18-10/h7,12H,3-6H2,1-2H3,(H2,11,13). The van der Waals surface area contributed by atoms with E-state index in [1.54, 1.807) is 0 Å². The molecule has 0 radical (unpaired) electrons. The van der Waals surface area contributed by atoms with Crippen molar-refractivity contribution in [3.63, 3.8) is 0 Å². The molecule has 2 rings (SSSR count). The van der Waals surface area contributed by atoms with E-state index in [1.807, 2.05) is 7.05 Å². The lowest BCUT2D eigenvalue weighted by Gasteiger charge is -2.30. The molecule has 1 aliphatic heterocycles. The molecule has 9 heteroatoms. The first-order valence-electron chi connectivity index (χ1n) is 5.87. The summed E-state index contributed by atoms with van der Waals surface area (Å²) in [6.45, 7) is 2.95. The summed E-state index contributed by atoms with van der Waals surface area (Å²) in [6, 6.07) is 0. The normalized spacial score (nSPS) is 21.5. The molecule has 1 fully saturated rings. The SMILES string of the molecule is CN1CCOC(CNc2snc(N)c2S(C)(=O)=O)C1. The van der Waals surface area contributed by atoms with Crippen LogP contribution in [-0.2, 0) is 14.6 Å². The lowest BCUT2D eigenvalue weighted by Crippen LogP contribution is -2.43. The van der Waals surface area contributed by atoms with Crippen LogP contribution in [0.4, 0.5) is 10.8 Å². The monoisotopic (exact) mass is 306 g/mol. The molecule has 1 aromatic rings. The minimum Gasteiger partial charge on any atom is -0.382 e. The number of nitrogen functional groups attached to an aromatic ring is 1. The van der Waals surface area contributed by atoms with E-state index in [1.165, 1.54) is 0 Å². The number of sulfone groups is 1. The number of anilines is 2. The van der Waals surface area contributed by atoms with Crippen molar-refractivity contribution < 1.29 is 13.2 Å². The maximum atomic E-state index is 11.6. The van der Waals surface area contributed by atoms with Crippen LogP contribution in [-0.4, -0.2) is 63.3 Å². The highest BCUT2D eigenvalue weighted by molar-refractivity contribution is 7.91. The Hall–Kier alpha value is -0.900. The zero-order valence-electron chi connectivity index (χ0n) is 10.9. The second kappa shape index (κ2) is 5.61. The van der Waals surface area contributed by atoms with Gasteiger partial charge in [-0.2, -0.15) is 4.37 Å². The number of likely N-dealkylation sites (N-methyl/N-ethyl adjacent to an activating group) is 1. The van der Waals surface area contributed by atoms with Crippen LogP contribution in [0.1, 0.15) is 0 Å². The van der Waals surface area contributed by atoms with Crippen LogP contribution in [0.25, 0.3) is 0 Å². The number of nitrogens with zero attached hydrogens (tertiary/aromatic N) is 2. The third kappa shape index (κ3) is 3.56. The second-order valence-corrected chi connectivity index (χ2v) is 7.36. The number of morpholine rings is 1. The first-order valence-corrected chi connectivity index (χ1v) is 8.53. The van der Waals surface area contributed by atoms with Crippen molar-refractivity contribution in [1.29, 1.82) is 0 Å². The Labute approximate surface area is 116 Å². The summed E-state index contributed by atoms with van der Waals surface area (Å²) in [4.78, 5) is 2.26. The Morgan fingerprint density at radius 3 is 3.00 bits per heavy atom. The van der Waals surface area contributed by atoms with Gasteiger partial charge in [0.15, 0.2) is 15.7 Å². The molecule has 7 nitrogen and oxygen atoms in total. The fourth-order valence-corrected chi connectivity index (χ4v) is 4.04. The summed E-state index contributed by atoms with van der Waals surface area (Å²) in [5.41, 5.74) is 5.60. The zero-order valence-corrected chi connectivity index (χ0v) is 12.6. The van der Waals surface area contributed by atoms with Crippen molar-refractivity contribution in [2.75, 3.05) is 50.6 Å². The zero-order chi connectivity index (χ0) is 14.0. The molecular formula is C10H18N4O3S2. The molecule has 1 atom stereocenters. The summed E-state index contributed by atoms with van der Waals surface area (Å²) in [7, 11) is -1.35. The van der Waals surface area contributed by atoms with Crippen molar-refractivity contribution in [1.82, 2.24) is 9.27 Å². The van der Waals surface area contributed by atoms with Gasteiger partial charge in [-0.1, -0.05) is 0 Å². The van der Waals surface area contributed by atoms with Crippen LogP contribution in [0, 0.1) is 0 Å². The number of nitrogens with one attached hydrogen (secondary N) is 1. The molecule has 0 spiro atoms. The smallest absolute Gasteiger partial charge is 0.182 e. The Balaban J connectivity index is 2.04. The van der Waals surface area contributed by atoms with Gasteiger partial charge in [-0.3, -0.25) is 0 Å². The van der Waals surface area contributed by atoms with E-state index >= 15 is 0 Å². The quantitative estimate of drug-likeness (QED) is 0.799. The summed E-state index contributed by atoms with van der Waals surface area (Å²) in [5, 5.41) is 3.56. The summed E-state index contributed by atoms with van der Waals surface area (Å²) in [6.07, 6.45) is 1.16. The lowest BCUT2D eigenvalue weighted by atomic mass is 10.3. The summed E-state index contributed by atoms with van der Waals surface area (Å²) in [5.74, 6) is 0.0525. The van der Waals surface area contributed by atoms with Crippen molar-refractivity contribution in [2.24, 2.45) is 0 Å². The molecule has 0 bridgehead atoms. The van der Waals surface area contributed by atoms with E-state index in [4.69, 9.17) is 10.5 Å². The molecule has 19 heavy (non-hydrogen) atoms. The van der Waals surface area contributed by atoms with Crippen molar-refractivity contribution in [3.8, 4) is 0 Å². The molecule has 1 aliphatic rings. The van der Waals surface area contributed by atoms with E-state index in [2.05, 4.69) is 14.6 Å². The number of nitrogens with two attached hydrogens (primary N) is 1. The highest BCUT2D eigenvalue weighted by atomic mass is 32.2. The molecule has 1 unspecified atom stereocenters. The van der Waals surface area contributed by atoms with Gasteiger partial charge in [0.2, 0.25) is 0 Å². The number of aromatic nitrogens is 1. The Kier molecular flexibility index (Phi) is 4.29. The van der Waals surface area contributed by atoms with Crippen molar-refractivity contribution >= 4 is 32.2 Å². The van der Waals surface area contributed by atoms with E-state index in [0.717, 1.165) is 30.9 Å². The van der Waals surface area contributed by atoms with Crippen LogP contribution in [0.5, 0.6) is 0 Å². The highest BCUT2D eigenvalue weighted by Gasteiger charge is 2.23. The van der Waals surface area contributed by atoms with Gasteiger partial charge in [-0.05, 0) is 18.6 Å². The van der Waals surface area contributed by atoms with E-state index in [0.29, 0.717) is 18.2 Å². The van der Waals surface area contributed by atoms with Gasteiger partial charge < -0.3 is 20.7 Å². The predicted octanol–water partition coefficient (Wildman–Crippen LogP) is -0.129. The molecule has 0 amide bonds. The fraction of sp³-hybridized carbons (Fsp3) is 0.700. The van der Waals surface area contributed by atoms with Crippen LogP contribution >= 0.6 is 11.5 Å². The molecular weight excluding hydrogens is 288 g/mol. The molecule has 1 aromatic heterocycles. The van der Waals surface area contributed by atoms with Crippen LogP contribution in [0.3, 0.4) is 0 Å². The van der Waals surface area contributed by atoms with E-state index < -0.39 is 9.84 Å². The Morgan fingerprint density at radius 1 is 1.63 bits per heavy atom. The maximum absolute atomic E-state index is 11.6. The average molecular weight is 306 g/mol. The van der Waals surface area contributed by atoms with Gasteiger partial charge >= 0.3 is 0 Å². The maximum Gasteiger partial charge on any atom is 0.182 e. The molecule has 0 aliphatic carbocycles. The van der Waals surface area contributed by atoms with Gasteiger partial charge in [0.25, 0.3) is 0 Å². The van der Waals surface area contributed by atoms with E-state index in [9.17, 15) is 8.42 Å². The third-order valence-corrected chi connectivity index (χ3v) is 4.98. The fourth-order valence-electron chi connectivity index (χ4n) is 1.96. The third-order valence-electron chi connectivity index (χ3n) is 2.88. The number of rotatable bonds is 4. The predicted molar refractivity (Wildman–Crippen MR) is 75.4 cm³/mol. The average Bonchev–Trinajstić information content (AvgIpc) is 2.67. The summed E-state index contributed by atoms with van der Waals surface area (Å²) >= 11 is 1.06. The lowest BCUT2D eigenvalue weighted by molar-refractivity contribution is -0.0117. The first kappa shape index (κ1) is 14.5. The first-order chi connectivity index (χ1) is 8.88. The van der Waals surface area contributed by atoms with Crippen LogP contribution in [0.2, 0.25) is 0 Å². The van der Waals surface area contributed by atoms with Crippen molar-refractivity contribution in [3.05, 3.63) is 0 Å². The molecule has 0 saturated carbocycles. The van der Waals surface area contributed by atoms with Gasteiger partial charge in [-0.15, -0.1) is 0 Å². The largest absolute Gasteiger partial charge is 0.382 e. The van der Waals surface area contributed by atoms with Crippen molar-refractivity contribution in [2.45, 2.75) is 11.0 Å². The van der Waals surface area contributed by atoms with E-state index in [-0.39, 0.29) is 16.8 Å². The summed E-state index contributed by atoms with van der Waals surface area (Å²) < 4.78 is 32.8. The number of hydrogen-bond acceptors (Lipinski definition) is 8. The minimum atomic E-state index is -3.38. The van der Waals surface area contributed by atoms with Gasteiger partial charge in [0.05, 0.1) is 12.7 Å². The molecule has 108 valence electrons. The van der Waals surface area contributed by atoms with Crippen LogP contribution in [0.15, 0.2) is 4.90 Å². The van der Waals surface area contributed by atoms with Crippen LogP contribution < -0.4 is 11.1 Å². The Morgan fingerprint density at radius 2 is 2.37 bits per heavy atom. The van der Waals surface area contributed by atoms with Gasteiger partial charge in [0.1, 0.15) is 9.90 Å². The second-order valence-electron chi connectivity index (χ2n) is 4.63. The van der Waals surface area contributed by atoms with Gasteiger partial charge in [-0.25, -0.2) is 8.42 Å². The number of ether oxygens (including phenoxy) is 1. The molecule has 0 aromatic carbocycles. The number of hydrogen-bond donors (Lipinski definition) is 2. The minimum absolute atomic E-state index is 0.0366. The highest BCUT2D eigenvalue weighted by Crippen LogP contribution is 2.31. The molecule has 1 saturated heterocycles.